The number of nitrogens with one attached hydrogen (secondary N) is 1. The molecule has 0 atom stereocenters. The summed E-state index contributed by atoms with van der Waals surface area (Å²) < 4.78 is 10.9. The minimum atomic E-state index is -0.325. The van der Waals surface area contributed by atoms with Gasteiger partial charge in [-0.25, -0.2) is 0 Å². The summed E-state index contributed by atoms with van der Waals surface area (Å²) in [5.41, 5.74) is 1.47. The molecule has 0 saturated carbocycles. The van der Waals surface area contributed by atoms with Crippen LogP contribution >= 0.6 is 24.0 Å². The molecule has 0 radical (unpaired) electrons. The maximum absolute atomic E-state index is 12.7. The van der Waals surface area contributed by atoms with Gasteiger partial charge in [-0.2, -0.15) is 0 Å². The van der Waals surface area contributed by atoms with Gasteiger partial charge >= 0.3 is 0 Å². The van der Waals surface area contributed by atoms with Gasteiger partial charge < -0.3 is 14.8 Å². The fourth-order valence-corrected chi connectivity index (χ4v) is 3.89. The van der Waals surface area contributed by atoms with E-state index in [0.29, 0.717) is 27.3 Å². The number of benzene rings is 2. The molecule has 0 spiro atoms. The van der Waals surface area contributed by atoms with Crippen LogP contribution in [0, 0.1) is 0 Å². The van der Waals surface area contributed by atoms with E-state index >= 15 is 0 Å². The molecule has 0 aromatic heterocycles. The van der Waals surface area contributed by atoms with E-state index in [-0.39, 0.29) is 18.4 Å². The number of amides is 2. The van der Waals surface area contributed by atoms with Crippen molar-refractivity contribution in [3.05, 3.63) is 59.0 Å². The first-order chi connectivity index (χ1) is 14.0. The molecule has 2 aromatic rings. The summed E-state index contributed by atoms with van der Waals surface area (Å²) in [4.78, 5) is 26.8. The van der Waals surface area contributed by atoms with E-state index in [2.05, 4.69) is 5.32 Å². The predicted molar refractivity (Wildman–Crippen MR) is 119 cm³/mol. The Labute approximate surface area is 178 Å². The molecule has 6 nitrogen and oxygen atoms in total. The number of nitrogens with zero attached hydrogens (tertiary/aromatic N) is 1. The van der Waals surface area contributed by atoms with Gasteiger partial charge in [0.2, 0.25) is 5.91 Å². The second-order valence-electron chi connectivity index (χ2n) is 6.05. The summed E-state index contributed by atoms with van der Waals surface area (Å²) in [6.45, 7) is 2.37. The van der Waals surface area contributed by atoms with Crippen LogP contribution in [-0.2, 0) is 9.59 Å². The highest BCUT2D eigenvalue weighted by molar-refractivity contribution is 8.26. The first kappa shape index (κ1) is 20.9. The molecule has 1 fully saturated rings. The highest BCUT2D eigenvalue weighted by atomic mass is 32.2. The number of anilines is 1. The van der Waals surface area contributed by atoms with Crippen LogP contribution in [0.2, 0.25) is 0 Å². The number of methoxy groups -OCH3 is 1. The van der Waals surface area contributed by atoms with Crippen molar-refractivity contribution in [1.29, 1.82) is 0 Å². The normalized spacial score (nSPS) is 15.0. The molecule has 1 saturated heterocycles. The third kappa shape index (κ3) is 5.36. The molecule has 8 heteroatoms. The minimum absolute atomic E-state index is 0.142. The van der Waals surface area contributed by atoms with Crippen molar-refractivity contribution in [2.24, 2.45) is 0 Å². The quantitative estimate of drug-likeness (QED) is 0.532. The van der Waals surface area contributed by atoms with Gasteiger partial charge in [0.25, 0.3) is 5.91 Å². The maximum atomic E-state index is 12.7. The summed E-state index contributed by atoms with van der Waals surface area (Å²) in [6, 6.07) is 14.4. The van der Waals surface area contributed by atoms with Crippen molar-refractivity contribution in [2.45, 2.75) is 6.92 Å². The maximum Gasteiger partial charge on any atom is 0.266 e. The van der Waals surface area contributed by atoms with E-state index in [9.17, 15) is 9.59 Å². The van der Waals surface area contributed by atoms with Gasteiger partial charge in [-0.05, 0) is 55.0 Å². The molecule has 0 unspecified atom stereocenters. The molecule has 0 bridgehead atoms. The number of hydrogen-bond acceptors (Lipinski definition) is 6. The van der Waals surface area contributed by atoms with Crippen LogP contribution in [0.1, 0.15) is 12.5 Å². The van der Waals surface area contributed by atoms with Crippen LogP contribution in [0.5, 0.6) is 11.5 Å². The Bertz CT molecular complexity index is 940. The molecule has 1 aliphatic rings. The number of rotatable bonds is 7. The van der Waals surface area contributed by atoms with Crippen LogP contribution < -0.4 is 14.8 Å². The Kier molecular flexibility index (Phi) is 6.90. The van der Waals surface area contributed by atoms with E-state index in [1.54, 1.807) is 37.5 Å². The lowest BCUT2D eigenvalue weighted by molar-refractivity contribution is -0.126. The molecule has 29 heavy (non-hydrogen) atoms. The van der Waals surface area contributed by atoms with Gasteiger partial charge in [-0.1, -0.05) is 36.1 Å². The van der Waals surface area contributed by atoms with Crippen molar-refractivity contribution in [1.82, 2.24) is 4.90 Å². The van der Waals surface area contributed by atoms with Crippen molar-refractivity contribution in [3.63, 3.8) is 0 Å². The van der Waals surface area contributed by atoms with Crippen molar-refractivity contribution in [3.8, 4) is 11.5 Å². The largest absolute Gasteiger partial charge is 0.497 e. The van der Waals surface area contributed by atoms with Crippen molar-refractivity contribution >= 4 is 51.9 Å². The summed E-state index contributed by atoms with van der Waals surface area (Å²) in [5.74, 6) is 0.860. The summed E-state index contributed by atoms with van der Waals surface area (Å²) >= 11 is 6.48. The Morgan fingerprint density at radius 1 is 1.14 bits per heavy atom. The third-order valence-electron chi connectivity index (χ3n) is 4.04. The highest BCUT2D eigenvalue weighted by Crippen LogP contribution is 2.32. The van der Waals surface area contributed by atoms with Crippen LogP contribution in [-0.4, -0.2) is 41.3 Å². The van der Waals surface area contributed by atoms with Crippen LogP contribution in [0.25, 0.3) is 6.08 Å². The second-order valence-corrected chi connectivity index (χ2v) is 7.72. The lowest BCUT2D eigenvalue weighted by Crippen LogP contribution is -2.36. The molecule has 3 rings (SSSR count). The first-order valence-corrected chi connectivity index (χ1v) is 10.1. The number of carbonyl (C=O) groups excluding carboxylic acids is 2. The standard InChI is InChI=1S/C21H20N2O4S2/c1-3-27-17-8-4-14(5-9-17)12-18-20(25)23(21(28)29-18)13-19(24)22-15-6-10-16(26-2)11-7-15/h4-12H,3,13H2,1-2H3,(H,22,24)/b18-12-. The third-order valence-corrected chi connectivity index (χ3v) is 5.42. The molecule has 1 heterocycles. The van der Waals surface area contributed by atoms with Gasteiger partial charge in [0, 0.05) is 5.69 Å². The number of carbonyl (C=O) groups is 2. The van der Waals surface area contributed by atoms with Crippen LogP contribution in [0.3, 0.4) is 0 Å². The van der Waals surface area contributed by atoms with E-state index in [0.717, 1.165) is 11.3 Å². The first-order valence-electron chi connectivity index (χ1n) is 8.92. The number of ether oxygens (including phenoxy) is 2. The van der Waals surface area contributed by atoms with Crippen LogP contribution in [0.15, 0.2) is 53.4 Å². The molecule has 1 N–H and O–H groups in total. The molecular formula is C21H20N2O4S2. The average molecular weight is 429 g/mol. The van der Waals surface area contributed by atoms with E-state index < -0.39 is 0 Å². The zero-order valence-electron chi connectivity index (χ0n) is 16.0. The van der Waals surface area contributed by atoms with Gasteiger partial charge in [0.05, 0.1) is 18.6 Å². The Morgan fingerprint density at radius 3 is 2.41 bits per heavy atom. The number of thioether (sulfide) groups is 1. The summed E-state index contributed by atoms with van der Waals surface area (Å²) in [5, 5.41) is 2.75. The second kappa shape index (κ2) is 9.58. The average Bonchev–Trinajstić information content (AvgIpc) is 2.97. The molecule has 0 aliphatic carbocycles. The van der Waals surface area contributed by atoms with Gasteiger partial charge in [0.15, 0.2) is 0 Å². The number of hydrogen-bond donors (Lipinski definition) is 1. The highest BCUT2D eigenvalue weighted by Gasteiger charge is 2.33. The van der Waals surface area contributed by atoms with Gasteiger partial charge in [-0.3, -0.25) is 14.5 Å². The fraction of sp³-hybridized carbons (Fsp3) is 0.190. The van der Waals surface area contributed by atoms with E-state index in [4.69, 9.17) is 21.7 Å². The molecule has 150 valence electrons. The topological polar surface area (TPSA) is 67.9 Å². The smallest absolute Gasteiger partial charge is 0.266 e. The lowest BCUT2D eigenvalue weighted by atomic mass is 10.2. The SMILES string of the molecule is CCOc1ccc(/C=C2\SC(=S)N(CC(=O)Nc3ccc(OC)cc3)C2=O)cc1. The van der Waals surface area contributed by atoms with Crippen LogP contribution in [0.4, 0.5) is 5.69 Å². The lowest BCUT2D eigenvalue weighted by Gasteiger charge is -2.14. The predicted octanol–water partition coefficient (Wildman–Crippen LogP) is 3.93. The van der Waals surface area contributed by atoms with Crippen molar-refractivity contribution < 1.29 is 19.1 Å². The van der Waals surface area contributed by atoms with Gasteiger partial charge in [0.1, 0.15) is 22.4 Å². The number of thiocarbonyl (C=S) groups is 1. The molecule has 2 amide bonds. The Morgan fingerprint density at radius 2 is 1.79 bits per heavy atom. The summed E-state index contributed by atoms with van der Waals surface area (Å²) in [7, 11) is 1.57. The monoisotopic (exact) mass is 428 g/mol. The molecule has 2 aromatic carbocycles. The zero-order valence-corrected chi connectivity index (χ0v) is 17.6. The summed E-state index contributed by atoms with van der Waals surface area (Å²) in [6.07, 6.45) is 1.76. The van der Waals surface area contributed by atoms with Crippen molar-refractivity contribution in [2.75, 3.05) is 25.6 Å². The van der Waals surface area contributed by atoms with E-state index in [1.165, 1.54) is 16.7 Å². The Hall–Kier alpha value is -2.84. The van der Waals surface area contributed by atoms with Gasteiger partial charge in [-0.15, -0.1) is 0 Å². The zero-order chi connectivity index (χ0) is 20.8. The Balaban J connectivity index is 1.64. The fourth-order valence-electron chi connectivity index (χ4n) is 2.63. The molecule has 1 aliphatic heterocycles. The van der Waals surface area contributed by atoms with E-state index in [1.807, 2.05) is 31.2 Å². The molecular weight excluding hydrogens is 408 g/mol. The minimum Gasteiger partial charge on any atom is -0.497 e.